The van der Waals surface area contributed by atoms with Crippen LogP contribution < -0.4 is 5.32 Å². The van der Waals surface area contributed by atoms with E-state index < -0.39 is 35.8 Å². The van der Waals surface area contributed by atoms with Gasteiger partial charge in [-0.1, -0.05) is 6.92 Å². The Balaban J connectivity index is 2.13. The highest BCUT2D eigenvalue weighted by Crippen LogP contribution is 2.30. The molecule has 94 valence electrons. The maximum atomic E-state index is 13.1. The monoisotopic (exact) mass is 243 g/mol. The lowest BCUT2D eigenvalue weighted by atomic mass is 9.95. The van der Waals surface area contributed by atoms with Crippen LogP contribution in [-0.2, 0) is 14.3 Å². The summed E-state index contributed by atoms with van der Waals surface area (Å²) in [6.45, 7) is 1.86. The summed E-state index contributed by atoms with van der Waals surface area (Å²) in [5, 5.41) is 11.6. The molecule has 2 heterocycles. The minimum atomic E-state index is -1.02. The van der Waals surface area contributed by atoms with Gasteiger partial charge in [-0.25, -0.2) is 4.39 Å². The van der Waals surface area contributed by atoms with Crippen LogP contribution >= 0.6 is 0 Å². The third kappa shape index (κ3) is 2.23. The van der Waals surface area contributed by atoms with Crippen LogP contribution in [0, 0.1) is 5.92 Å². The summed E-state index contributed by atoms with van der Waals surface area (Å²) in [6.07, 6.45) is 0.310. The van der Waals surface area contributed by atoms with Gasteiger partial charge < -0.3 is 9.84 Å². The van der Waals surface area contributed by atoms with Crippen molar-refractivity contribution >= 4 is 11.8 Å². The molecule has 17 heavy (non-hydrogen) atoms. The van der Waals surface area contributed by atoms with Crippen LogP contribution in [0.4, 0.5) is 4.39 Å². The molecule has 2 aliphatic rings. The minimum absolute atomic E-state index is 0.272. The average Bonchev–Trinajstić information content (AvgIpc) is 2.65. The Morgan fingerprint density at radius 2 is 2.29 bits per heavy atom. The Morgan fingerprint density at radius 3 is 2.88 bits per heavy atom. The zero-order valence-corrected chi connectivity index (χ0v) is 9.35. The summed E-state index contributed by atoms with van der Waals surface area (Å²) in [5.41, 5.74) is 0. The summed E-state index contributed by atoms with van der Waals surface area (Å²) in [4.78, 5) is 22.4. The first-order valence-electron chi connectivity index (χ1n) is 5.59. The van der Waals surface area contributed by atoms with E-state index >= 15 is 0 Å². The van der Waals surface area contributed by atoms with Crippen molar-refractivity contribution in [2.45, 2.75) is 38.1 Å². The zero-order chi connectivity index (χ0) is 12.6. The summed E-state index contributed by atoms with van der Waals surface area (Å²) in [7, 11) is 0. The number of amides is 2. The average molecular weight is 243 g/mol. The maximum absolute atomic E-state index is 13.1. The van der Waals surface area contributed by atoms with E-state index in [0.29, 0.717) is 6.42 Å². The molecule has 4 atom stereocenters. The fourth-order valence-corrected chi connectivity index (χ4v) is 2.20. The predicted molar refractivity (Wildman–Crippen MR) is 55.4 cm³/mol. The number of nitrogens with one attached hydrogen (secondary N) is 1. The Labute approximate surface area is 97.6 Å². The number of imide groups is 1. The second kappa shape index (κ2) is 4.54. The van der Waals surface area contributed by atoms with E-state index in [9.17, 15) is 19.1 Å². The van der Waals surface area contributed by atoms with Gasteiger partial charge in [-0.15, -0.1) is 0 Å². The molecule has 0 saturated carbocycles. The van der Waals surface area contributed by atoms with Gasteiger partial charge in [-0.3, -0.25) is 14.9 Å². The lowest BCUT2D eigenvalue weighted by molar-refractivity contribution is -0.135. The number of carbonyl (C=O) groups excluding carboxylic acids is 2. The molecule has 2 amide bonds. The van der Waals surface area contributed by atoms with Crippen LogP contribution in [0.25, 0.3) is 0 Å². The van der Waals surface area contributed by atoms with Crippen LogP contribution in [0.1, 0.15) is 19.8 Å². The van der Waals surface area contributed by atoms with Crippen LogP contribution in [0.15, 0.2) is 11.9 Å². The smallest absolute Gasteiger partial charge is 0.286 e. The van der Waals surface area contributed by atoms with Crippen LogP contribution in [0.2, 0.25) is 0 Å². The number of aliphatic hydroxyl groups is 1. The topological polar surface area (TPSA) is 75.6 Å². The highest BCUT2D eigenvalue weighted by Gasteiger charge is 2.41. The molecule has 0 aromatic heterocycles. The molecule has 2 rings (SSSR count). The van der Waals surface area contributed by atoms with Crippen molar-refractivity contribution in [1.29, 1.82) is 0 Å². The van der Waals surface area contributed by atoms with E-state index in [1.165, 1.54) is 0 Å². The summed E-state index contributed by atoms with van der Waals surface area (Å²) < 4.78 is 18.6. The maximum Gasteiger partial charge on any atom is 0.286 e. The molecule has 6 heteroatoms. The quantitative estimate of drug-likeness (QED) is 0.671. The van der Waals surface area contributed by atoms with E-state index in [0.717, 1.165) is 6.08 Å². The molecule has 0 bridgehead atoms. The molecule has 0 spiro atoms. The van der Waals surface area contributed by atoms with Gasteiger partial charge in [-0.05, 0) is 12.5 Å². The molecule has 1 saturated heterocycles. The summed E-state index contributed by atoms with van der Waals surface area (Å²) in [5.74, 6) is -3.42. The summed E-state index contributed by atoms with van der Waals surface area (Å²) in [6, 6.07) is 0. The second-order valence-electron chi connectivity index (χ2n) is 4.28. The molecule has 5 nitrogen and oxygen atoms in total. The van der Waals surface area contributed by atoms with Crippen molar-refractivity contribution in [3.8, 4) is 0 Å². The van der Waals surface area contributed by atoms with Gasteiger partial charge >= 0.3 is 0 Å². The highest BCUT2D eigenvalue weighted by atomic mass is 19.1. The number of carbonyl (C=O) groups is 2. The van der Waals surface area contributed by atoms with Crippen molar-refractivity contribution in [2.24, 2.45) is 5.92 Å². The molecule has 2 aliphatic heterocycles. The number of halogens is 1. The third-order valence-corrected chi connectivity index (χ3v) is 3.14. The fraction of sp³-hybridized carbons (Fsp3) is 0.636. The van der Waals surface area contributed by atoms with Gasteiger partial charge in [0.2, 0.25) is 5.91 Å². The standard InChI is InChI=1S/C11H14FNO4/c1-2-8-7(14)4-9(17-8)5-3-6(12)11(16)13-10(5)15/h3,5,7-9,14H,2,4H2,1H3,(H,13,15,16)/t5?,7-,8-,9-/m1/s1. The Kier molecular flexibility index (Phi) is 3.26. The van der Waals surface area contributed by atoms with Gasteiger partial charge in [0, 0.05) is 6.42 Å². The molecule has 0 aromatic carbocycles. The van der Waals surface area contributed by atoms with Gasteiger partial charge in [0.15, 0.2) is 5.83 Å². The van der Waals surface area contributed by atoms with Crippen molar-refractivity contribution in [3.05, 3.63) is 11.9 Å². The Bertz CT molecular complexity index is 382. The minimum Gasteiger partial charge on any atom is -0.390 e. The first kappa shape index (κ1) is 12.2. The largest absolute Gasteiger partial charge is 0.390 e. The molecule has 1 fully saturated rings. The van der Waals surface area contributed by atoms with Crippen molar-refractivity contribution < 1.29 is 23.8 Å². The third-order valence-electron chi connectivity index (χ3n) is 3.14. The Morgan fingerprint density at radius 1 is 1.59 bits per heavy atom. The van der Waals surface area contributed by atoms with Crippen molar-refractivity contribution in [3.63, 3.8) is 0 Å². The van der Waals surface area contributed by atoms with E-state index in [2.05, 4.69) is 0 Å². The van der Waals surface area contributed by atoms with Crippen LogP contribution in [0.5, 0.6) is 0 Å². The molecule has 0 radical (unpaired) electrons. The SMILES string of the molecule is CC[C@H]1O[C@@H](C2C=C(F)C(=O)NC2=O)C[C@H]1O. The fourth-order valence-electron chi connectivity index (χ4n) is 2.20. The summed E-state index contributed by atoms with van der Waals surface area (Å²) >= 11 is 0. The lowest BCUT2D eigenvalue weighted by Gasteiger charge is -2.22. The van der Waals surface area contributed by atoms with Gasteiger partial charge in [0.05, 0.1) is 24.2 Å². The van der Waals surface area contributed by atoms with Gasteiger partial charge in [-0.2, -0.15) is 0 Å². The number of hydrogen-bond acceptors (Lipinski definition) is 4. The molecular formula is C11H14FNO4. The normalized spacial score (nSPS) is 37.9. The Hall–Kier alpha value is -1.27. The first-order valence-corrected chi connectivity index (χ1v) is 5.59. The van der Waals surface area contributed by atoms with Gasteiger partial charge in [0.1, 0.15) is 0 Å². The van der Waals surface area contributed by atoms with E-state index in [1.54, 1.807) is 0 Å². The first-order chi connectivity index (χ1) is 8.02. The lowest BCUT2D eigenvalue weighted by Crippen LogP contribution is -2.44. The number of hydrogen-bond donors (Lipinski definition) is 2. The van der Waals surface area contributed by atoms with Crippen LogP contribution in [-0.4, -0.2) is 35.2 Å². The molecular weight excluding hydrogens is 229 g/mol. The van der Waals surface area contributed by atoms with E-state index in [-0.39, 0.29) is 12.5 Å². The highest BCUT2D eigenvalue weighted by molar-refractivity contribution is 6.07. The molecule has 2 N–H and O–H groups in total. The van der Waals surface area contributed by atoms with Gasteiger partial charge in [0.25, 0.3) is 5.91 Å². The molecule has 1 unspecified atom stereocenters. The zero-order valence-electron chi connectivity index (χ0n) is 9.35. The van der Waals surface area contributed by atoms with E-state index in [1.807, 2.05) is 12.2 Å². The molecule has 0 aromatic rings. The van der Waals surface area contributed by atoms with Crippen molar-refractivity contribution in [2.75, 3.05) is 0 Å². The second-order valence-corrected chi connectivity index (χ2v) is 4.28. The number of ether oxygens (including phenoxy) is 1. The molecule has 0 aliphatic carbocycles. The van der Waals surface area contributed by atoms with E-state index in [4.69, 9.17) is 4.74 Å². The van der Waals surface area contributed by atoms with Crippen molar-refractivity contribution in [1.82, 2.24) is 5.32 Å². The number of aliphatic hydroxyl groups excluding tert-OH is 1. The van der Waals surface area contributed by atoms with Crippen LogP contribution in [0.3, 0.4) is 0 Å². The number of rotatable bonds is 2. The predicted octanol–water partition coefficient (Wildman–Crippen LogP) is 0.0408.